The average molecular weight is 362 g/mol. The lowest BCUT2D eigenvalue weighted by Crippen LogP contribution is -2.24. The maximum Gasteiger partial charge on any atom is 0.349 e. The fourth-order valence-corrected chi connectivity index (χ4v) is 3.36. The molecule has 1 aliphatic rings. The second-order valence-electron chi connectivity index (χ2n) is 6.59. The van der Waals surface area contributed by atoms with Crippen LogP contribution in [0.4, 0.5) is 11.4 Å². The number of carbonyl (C=O) groups excluding carboxylic acids is 2. The number of para-hydroxylation sites is 1. The van der Waals surface area contributed by atoms with E-state index in [-0.39, 0.29) is 11.5 Å². The van der Waals surface area contributed by atoms with Crippen LogP contribution in [0.2, 0.25) is 0 Å². The van der Waals surface area contributed by atoms with Crippen molar-refractivity contribution in [3.63, 3.8) is 0 Å². The second-order valence-corrected chi connectivity index (χ2v) is 6.59. The summed E-state index contributed by atoms with van der Waals surface area (Å²) in [5, 5.41) is 3.41. The van der Waals surface area contributed by atoms with Gasteiger partial charge in [-0.3, -0.25) is 9.59 Å². The number of nitrogens with zero attached hydrogens (tertiary/aromatic N) is 1. The molecule has 1 aliphatic heterocycles. The molecule has 1 N–H and O–H groups in total. The van der Waals surface area contributed by atoms with Gasteiger partial charge in [0.1, 0.15) is 11.1 Å². The third-order valence-corrected chi connectivity index (χ3v) is 4.70. The first-order chi connectivity index (χ1) is 13.0. The average Bonchev–Trinajstić information content (AvgIpc) is 3.07. The Morgan fingerprint density at radius 3 is 2.67 bits per heavy atom. The minimum atomic E-state index is -0.679. The van der Waals surface area contributed by atoms with Gasteiger partial charge < -0.3 is 14.6 Å². The standard InChI is InChI=1S/C21H18N2O4/c1-13-11-15(8-9-17(13)23-10-4-7-19(23)24)22-20(25)16-12-14-5-2-3-6-18(14)27-21(16)26/h2-3,5-6,8-9,11-12H,4,7,10H2,1H3,(H,22,25). The van der Waals surface area contributed by atoms with Gasteiger partial charge in [-0.2, -0.15) is 0 Å². The summed E-state index contributed by atoms with van der Waals surface area (Å²) < 4.78 is 5.21. The first-order valence-electron chi connectivity index (χ1n) is 8.78. The van der Waals surface area contributed by atoms with Gasteiger partial charge in [-0.1, -0.05) is 18.2 Å². The zero-order valence-corrected chi connectivity index (χ0v) is 14.8. The first kappa shape index (κ1) is 17.0. The van der Waals surface area contributed by atoms with Crippen LogP contribution < -0.4 is 15.8 Å². The van der Waals surface area contributed by atoms with E-state index in [1.54, 1.807) is 35.2 Å². The quantitative estimate of drug-likeness (QED) is 0.724. The lowest BCUT2D eigenvalue weighted by atomic mass is 10.1. The number of rotatable bonds is 3. The minimum Gasteiger partial charge on any atom is -0.422 e. The summed E-state index contributed by atoms with van der Waals surface area (Å²) in [6.07, 6.45) is 1.42. The van der Waals surface area contributed by atoms with Gasteiger partial charge in [0.05, 0.1) is 0 Å². The fraction of sp³-hybridized carbons (Fsp3) is 0.190. The van der Waals surface area contributed by atoms with E-state index in [1.807, 2.05) is 19.1 Å². The number of carbonyl (C=O) groups is 2. The molecule has 3 aromatic rings. The predicted molar refractivity (Wildman–Crippen MR) is 103 cm³/mol. The van der Waals surface area contributed by atoms with Crippen molar-refractivity contribution in [2.45, 2.75) is 19.8 Å². The van der Waals surface area contributed by atoms with Crippen LogP contribution >= 0.6 is 0 Å². The van der Waals surface area contributed by atoms with Crippen molar-refractivity contribution in [2.24, 2.45) is 0 Å². The summed E-state index contributed by atoms with van der Waals surface area (Å²) in [5.74, 6) is -0.414. The smallest absolute Gasteiger partial charge is 0.349 e. The Labute approximate surface area is 155 Å². The first-order valence-corrected chi connectivity index (χ1v) is 8.78. The summed E-state index contributed by atoms with van der Waals surface area (Å²) >= 11 is 0. The lowest BCUT2D eigenvalue weighted by Gasteiger charge is -2.19. The van der Waals surface area contributed by atoms with Crippen LogP contribution in [0.1, 0.15) is 28.8 Å². The van der Waals surface area contributed by atoms with E-state index in [1.165, 1.54) is 6.07 Å². The molecule has 6 nitrogen and oxygen atoms in total. The Balaban J connectivity index is 1.60. The van der Waals surface area contributed by atoms with Gasteiger partial charge in [0.2, 0.25) is 5.91 Å². The summed E-state index contributed by atoms with van der Waals surface area (Å²) in [6.45, 7) is 2.60. The van der Waals surface area contributed by atoms with Crippen molar-refractivity contribution in [3.8, 4) is 0 Å². The van der Waals surface area contributed by atoms with Crippen LogP contribution in [-0.4, -0.2) is 18.4 Å². The molecule has 1 fully saturated rings. The summed E-state index contributed by atoms with van der Waals surface area (Å²) in [6, 6.07) is 13.9. The van der Waals surface area contributed by atoms with Crippen molar-refractivity contribution < 1.29 is 14.0 Å². The molecule has 1 aromatic heterocycles. The highest BCUT2D eigenvalue weighted by atomic mass is 16.4. The normalized spacial score (nSPS) is 14.0. The zero-order valence-electron chi connectivity index (χ0n) is 14.8. The van der Waals surface area contributed by atoms with E-state index in [0.29, 0.717) is 29.6 Å². The molecule has 0 radical (unpaired) electrons. The Kier molecular flexibility index (Phi) is 4.24. The van der Waals surface area contributed by atoms with Gasteiger partial charge in [-0.15, -0.1) is 0 Å². The maximum atomic E-state index is 12.5. The monoisotopic (exact) mass is 362 g/mol. The van der Waals surface area contributed by atoms with Crippen LogP contribution in [0.5, 0.6) is 0 Å². The molecule has 0 bridgehead atoms. The van der Waals surface area contributed by atoms with Crippen molar-refractivity contribution in [3.05, 3.63) is 70.1 Å². The van der Waals surface area contributed by atoms with Crippen LogP contribution in [0.3, 0.4) is 0 Å². The molecule has 4 rings (SSSR count). The summed E-state index contributed by atoms with van der Waals surface area (Å²) in [5.41, 5.74) is 2.00. The molecule has 27 heavy (non-hydrogen) atoms. The Morgan fingerprint density at radius 2 is 1.93 bits per heavy atom. The Bertz CT molecular complexity index is 1120. The third-order valence-electron chi connectivity index (χ3n) is 4.70. The van der Waals surface area contributed by atoms with E-state index in [2.05, 4.69) is 5.32 Å². The molecule has 136 valence electrons. The van der Waals surface area contributed by atoms with Crippen molar-refractivity contribution in [1.82, 2.24) is 0 Å². The molecular weight excluding hydrogens is 344 g/mol. The lowest BCUT2D eigenvalue weighted by molar-refractivity contribution is -0.117. The molecule has 2 aromatic carbocycles. The molecular formula is C21H18N2O4. The van der Waals surface area contributed by atoms with Gasteiger partial charge in [0.15, 0.2) is 0 Å². The highest BCUT2D eigenvalue weighted by molar-refractivity contribution is 6.05. The molecule has 0 unspecified atom stereocenters. The molecule has 6 heteroatoms. The van der Waals surface area contributed by atoms with Crippen molar-refractivity contribution in [1.29, 1.82) is 0 Å². The van der Waals surface area contributed by atoms with Crippen LogP contribution in [0.15, 0.2) is 57.7 Å². The number of amides is 2. The van der Waals surface area contributed by atoms with Crippen LogP contribution in [-0.2, 0) is 4.79 Å². The Hall–Kier alpha value is -3.41. The number of hydrogen-bond acceptors (Lipinski definition) is 4. The number of fused-ring (bicyclic) bond motifs is 1. The SMILES string of the molecule is Cc1cc(NC(=O)c2cc3ccccc3oc2=O)ccc1N1CCCC1=O. The molecule has 0 atom stereocenters. The van der Waals surface area contributed by atoms with E-state index in [4.69, 9.17) is 4.42 Å². The number of benzene rings is 2. The van der Waals surface area contributed by atoms with Gasteiger partial charge in [0, 0.05) is 29.7 Å². The molecule has 2 heterocycles. The third kappa shape index (κ3) is 3.21. The van der Waals surface area contributed by atoms with Crippen LogP contribution in [0, 0.1) is 6.92 Å². The highest BCUT2D eigenvalue weighted by Gasteiger charge is 2.23. The van der Waals surface area contributed by atoms with Gasteiger partial charge >= 0.3 is 5.63 Å². The molecule has 1 saturated heterocycles. The van der Waals surface area contributed by atoms with Crippen molar-refractivity contribution >= 4 is 34.2 Å². The van der Waals surface area contributed by atoms with Gasteiger partial charge in [-0.25, -0.2) is 4.79 Å². The predicted octanol–water partition coefficient (Wildman–Crippen LogP) is 3.48. The minimum absolute atomic E-state index is 0.0508. The molecule has 0 saturated carbocycles. The van der Waals surface area contributed by atoms with E-state index < -0.39 is 11.5 Å². The van der Waals surface area contributed by atoms with E-state index >= 15 is 0 Å². The van der Waals surface area contributed by atoms with E-state index in [0.717, 1.165) is 17.7 Å². The number of aryl methyl sites for hydroxylation is 1. The summed E-state index contributed by atoms with van der Waals surface area (Å²) in [4.78, 5) is 38.4. The number of anilines is 2. The van der Waals surface area contributed by atoms with E-state index in [9.17, 15) is 14.4 Å². The number of nitrogens with one attached hydrogen (secondary N) is 1. The van der Waals surface area contributed by atoms with Crippen molar-refractivity contribution in [2.75, 3.05) is 16.8 Å². The summed E-state index contributed by atoms with van der Waals surface area (Å²) in [7, 11) is 0. The van der Waals surface area contributed by atoms with Gasteiger partial charge in [0.25, 0.3) is 5.91 Å². The van der Waals surface area contributed by atoms with Gasteiger partial charge in [-0.05, 0) is 49.2 Å². The molecule has 2 amide bonds. The maximum absolute atomic E-state index is 12.5. The molecule has 0 aliphatic carbocycles. The molecule has 0 spiro atoms. The topological polar surface area (TPSA) is 79.6 Å². The second kappa shape index (κ2) is 6.72. The highest BCUT2D eigenvalue weighted by Crippen LogP contribution is 2.27. The zero-order chi connectivity index (χ0) is 19.0. The Morgan fingerprint density at radius 1 is 1.11 bits per heavy atom. The number of hydrogen-bond donors (Lipinski definition) is 1. The van der Waals surface area contributed by atoms with Crippen LogP contribution in [0.25, 0.3) is 11.0 Å². The largest absolute Gasteiger partial charge is 0.422 e. The fourth-order valence-electron chi connectivity index (χ4n) is 3.36.